The lowest BCUT2D eigenvalue weighted by Gasteiger charge is -2.21. The molecule has 3 heteroatoms. The summed E-state index contributed by atoms with van der Waals surface area (Å²) in [6.07, 6.45) is 7.69. The number of benzene rings is 1. The highest BCUT2D eigenvalue weighted by atomic mass is 16.5. The molecule has 122 valence electrons. The fourth-order valence-corrected chi connectivity index (χ4v) is 3.06. The molecule has 1 N–H and O–H groups in total. The van der Waals surface area contributed by atoms with Crippen molar-refractivity contribution in [1.29, 1.82) is 0 Å². The molecule has 0 bridgehead atoms. The van der Waals surface area contributed by atoms with E-state index in [-0.39, 0.29) is 5.91 Å². The number of amides is 1. The molecule has 0 heterocycles. The molecule has 3 nitrogen and oxygen atoms in total. The highest BCUT2D eigenvalue weighted by molar-refractivity contribution is 5.95. The lowest BCUT2D eigenvalue weighted by molar-refractivity contribution is 0.0273. The van der Waals surface area contributed by atoms with Crippen molar-refractivity contribution < 1.29 is 9.53 Å². The summed E-state index contributed by atoms with van der Waals surface area (Å²) in [5.74, 6) is 0.0262. The van der Waals surface area contributed by atoms with Crippen molar-refractivity contribution in [3.05, 3.63) is 34.4 Å². The van der Waals surface area contributed by atoms with Crippen LogP contribution in [-0.2, 0) is 4.74 Å². The third-order valence-corrected chi connectivity index (χ3v) is 4.60. The van der Waals surface area contributed by atoms with E-state index < -0.39 is 0 Å². The van der Waals surface area contributed by atoms with Crippen LogP contribution in [0.2, 0.25) is 0 Å². The van der Waals surface area contributed by atoms with Gasteiger partial charge in [-0.1, -0.05) is 25.3 Å². The van der Waals surface area contributed by atoms with Crippen molar-refractivity contribution in [3.8, 4) is 0 Å². The number of nitrogens with one attached hydrogen (secondary N) is 1. The Morgan fingerprint density at radius 1 is 1.09 bits per heavy atom. The summed E-state index contributed by atoms with van der Waals surface area (Å²) < 4.78 is 5.88. The van der Waals surface area contributed by atoms with Gasteiger partial charge in [-0.15, -0.1) is 0 Å². The molecule has 0 aliphatic heterocycles. The van der Waals surface area contributed by atoms with E-state index in [0.717, 1.165) is 29.7 Å². The zero-order valence-corrected chi connectivity index (χ0v) is 14.2. The van der Waals surface area contributed by atoms with E-state index in [4.69, 9.17) is 4.74 Å². The summed E-state index contributed by atoms with van der Waals surface area (Å²) >= 11 is 0. The molecule has 1 aromatic carbocycles. The average Bonchev–Trinajstić information content (AvgIpc) is 2.51. The van der Waals surface area contributed by atoms with E-state index in [0.29, 0.717) is 12.6 Å². The van der Waals surface area contributed by atoms with Crippen LogP contribution in [0.1, 0.15) is 65.6 Å². The van der Waals surface area contributed by atoms with Crippen LogP contribution < -0.4 is 5.32 Å². The van der Waals surface area contributed by atoms with E-state index in [1.165, 1.54) is 37.7 Å². The summed E-state index contributed by atoms with van der Waals surface area (Å²) in [6, 6.07) is 4.06. The summed E-state index contributed by atoms with van der Waals surface area (Å²) in [5.41, 5.74) is 4.22. The van der Waals surface area contributed by atoms with Crippen LogP contribution in [0.4, 0.5) is 0 Å². The Labute approximate surface area is 134 Å². The second-order valence-corrected chi connectivity index (χ2v) is 6.49. The third kappa shape index (κ3) is 4.84. The molecule has 0 unspecified atom stereocenters. The SMILES string of the molecule is Cc1cc(C)c(C(=O)NCCCOC2CCCCC2)cc1C. The average molecular weight is 303 g/mol. The quantitative estimate of drug-likeness (QED) is 0.804. The summed E-state index contributed by atoms with van der Waals surface area (Å²) in [6.45, 7) is 7.54. The van der Waals surface area contributed by atoms with Crippen molar-refractivity contribution in [2.45, 2.75) is 65.4 Å². The van der Waals surface area contributed by atoms with Crippen molar-refractivity contribution in [3.63, 3.8) is 0 Å². The lowest BCUT2D eigenvalue weighted by Crippen LogP contribution is -2.27. The topological polar surface area (TPSA) is 38.3 Å². The molecule has 0 saturated heterocycles. The van der Waals surface area contributed by atoms with Crippen molar-refractivity contribution >= 4 is 5.91 Å². The Morgan fingerprint density at radius 2 is 1.77 bits per heavy atom. The maximum absolute atomic E-state index is 12.2. The molecule has 0 radical (unpaired) electrons. The van der Waals surface area contributed by atoms with Crippen LogP contribution in [0.15, 0.2) is 12.1 Å². The maximum atomic E-state index is 12.2. The molecule has 1 aliphatic rings. The van der Waals surface area contributed by atoms with Crippen molar-refractivity contribution in [1.82, 2.24) is 5.32 Å². The first-order valence-electron chi connectivity index (χ1n) is 8.55. The Bertz CT molecular complexity index is 504. The van der Waals surface area contributed by atoms with Crippen molar-refractivity contribution in [2.24, 2.45) is 0 Å². The van der Waals surface area contributed by atoms with Crippen LogP contribution in [0.3, 0.4) is 0 Å². The summed E-state index contributed by atoms with van der Waals surface area (Å²) in [4.78, 5) is 12.2. The molecule has 22 heavy (non-hydrogen) atoms. The second kappa shape index (κ2) is 8.33. The van der Waals surface area contributed by atoms with Gasteiger partial charge in [0.05, 0.1) is 6.10 Å². The van der Waals surface area contributed by atoms with Gasteiger partial charge in [0.15, 0.2) is 0 Å². The Hall–Kier alpha value is -1.35. The molecule has 1 aliphatic carbocycles. The minimum absolute atomic E-state index is 0.0262. The Kier molecular flexibility index (Phi) is 6.44. The molecule has 1 saturated carbocycles. The number of ether oxygens (including phenoxy) is 1. The Morgan fingerprint density at radius 3 is 2.50 bits per heavy atom. The number of hydrogen-bond donors (Lipinski definition) is 1. The number of carbonyl (C=O) groups excluding carboxylic acids is 1. The van der Waals surface area contributed by atoms with Crippen LogP contribution in [0, 0.1) is 20.8 Å². The first-order chi connectivity index (χ1) is 10.6. The van der Waals surface area contributed by atoms with E-state index >= 15 is 0 Å². The van der Waals surface area contributed by atoms with Gasteiger partial charge in [-0.05, 0) is 62.8 Å². The standard InChI is InChI=1S/C19H29NO2/c1-14-12-16(3)18(13-15(14)2)19(21)20-10-7-11-22-17-8-5-4-6-9-17/h12-13,17H,4-11H2,1-3H3,(H,20,21). The number of hydrogen-bond acceptors (Lipinski definition) is 2. The smallest absolute Gasteiger partial charge is 0.251 e. The highest BCUT2D eigenvalue weighted by Crippen LogP contribution is 2.20. The predicted octanol–water partition coefficient (Wildman–Crippen LogP) is 4.08. The fourth-order valence-electron chi connectivity index (χ4n) is 3.06. The molecule has 2 rings (SSSR count). The molecule has 0 aromatic heterocycles. The van der Waals surface area contributed by atoms with Gasteiger partial charge in [-0.3, -0.25) is 4.79 Å². The first kappa shape index (κ1) is 17.0. The van der Waals surface area contributed by atoms with Gasteiger partial charge in [0.2, 0.25) is 0 Å². The molecule has 0 spiro atoms. The third-order valence-electron chi connectivity index (χ3n) is 4.60. The first-order valence-corrected chi connectivity index (χ1v) is 8.55. The molecular weight excluding hydrogens is 274 g/mol. The Balaban J connectivity index is 1.70. The van der Waals surface area contributed by atoms with E-state index in [1.54, 1.807) is 0 Å². The normalized spacial score (nSPS) is 15.8. The van der Waals surface area contributed by atoms with Crippen LogP contribution in [0.25, 0.3) is 0 Å². The van der Waals surface area contributed by atoms with Crippen LogP contribution >= 0.6 is 0 Å². The van der Waals surface area contributed by atoms with Gasteiger partial charge in [0, 0.05) is 18.7 Å². The maximum Gasteiger partial charge on any atom is 0.251 e. The number of carbonyl (C=O) groups is 1. The molecular formula is C19H29NO2. The summed E-state index contributed by atoms with van der Waals surface area (Å²) in [7, 11) is 0. The van der Waals surface area contributed by atoms with Crippen LogP contribution in [-0.4, -0.2) is 25.2 Å². The zero-order chi connectivity index (χ0) is 15.9. The minimum Gasteiger partial charge on any atom is -0.378 e. The number of rotatable bonds is 6. The number of aryl methyl sites for hydroxylation is 3. The predicted molar refractivity (Wildman–Crippen MR) is 90.4 cm³/mol. The van der Waals surface area contributed by atoms with E-state index in [9.17, 15) is 4.79 Å². The van der Waals surface area contributed by atoms with Gasteiger partial charge < -0.3 is 10.1 Å². The van der Waals surface area contributed by atoms with E-state index in [2.05, 4.69) is 18.3 Å². The lowest BCUT2D eigenvalue weighted by atomic mass is 9.98. The van der Waals surface area contributed by atoms with Gasteiger partial charge in [0.1, 0.15) is 0 Å². The minimum atomic E-state index is 0.0262. The highest BCUT2D eigenvalue weighted by Gasteiger charge is 2.13. The largest absolute Gasteiger partial charge is 0.378 e. The molecule has 0 atom stereocenters. The van der Waals surface area contributed by atoms with Gasteiger partial charge in [-0.2, -0.15) is 0 Å². The molecule has 1 amide bonds. The zero-order valence-electron chi connectivity index (χ0n) is 14.2. The molecule has 1 fully saturated rings. The second-order valence-electron chi connectivity index (χ2n) is 6.49. The van der Waals surface area contributed by atoms with Crippen LogP contribution in [0.5, 0.6) is 0 Å². The monoisotopic (exact) mass is 303 g/mol. The van der Waals surface area contributed by atoms with Gasteiger partial charge >= 0.3 is 0 Å². The molecule has 1 aromatic rings. The van der Waals surface area contributed by atoms with E-state index in [1.807, 2.05) is 19.9 Å². The van der Waals surface area contributed by atoms with Gasteiger partial charge in [-0.25, -0.2) is 0 Å². The fraction of sp³-hybridized carbons (Fsp3) is 0.632. The van der Waals surface area contributed by atoms with Gasteiger partial charge in [0.25, 0.3) is 5.91 Å². The van der Waals surface area contributed by atoms with Crippen molar-refractivity contribution in [2.75, 3.05) is 13.2 Å². The summed E-state index contributed by atoms with van der Waals surface area (Å²) in [5, 5.41) is 3.01.